The fraction of sp³-hybridized carbons (Fsp3) is 0.286. The molecule has 152 valence electrons. The lowest BCUT2D eigenvalue weighted by molar-refractivity contribution is 0.147. The van der Waals surface area contributed by atoms with Gasteiger partial charge in [-0.15, -0.1) is 0 Å². The molecule has 4 rings (SSSR count). The maximum absolute atomic E-state index is 11.4. The zero-order valence-corrected chi connectivity index (χ0v) is 17.8. The van der Waals surface area contributed by atoms with Crippen LogP contribution in [0.2, 0.25) is 15.1 Å². The molecule has 1 amide bonds. The van der Waals surface area contributed by atoms with Gasteiger partial charge in [0.1, 0.15) is 12.4 Å². The van der Waals surface area contributed by atoms with Crippen LogP contribution < -0.4 is 4.74 Å². The Morgan fingerprint density at radius 2 is 1.76 bits per heavy atom. The molecular formula is C21H19Cl3N2O3. The number of carboxylic acid groups (broad SMARTS) is 1. The first-order valence-electron chi connectivity index (χ1n) is 9.30. The van der Waals surface area contributed by atoms with Gasteiger partial charge >= 0.3 is 6.09 Å². The van der Waals surface area contributed by atoms with Crippen molar-refractivity contribution < 1.29 is 14.6 Å². The van der Waals surface area contributed by atoms with Crippen LogP contribution in [0.4, 0.5) is 4.79 Å². The molecule has 1 N–H and O–H groups in total. The molecule has 2 aromatic carbocycles. The number of halogens is 3. The molecule has 0 saturated heterocycles. The highest BCUT2D eigenvalue weighted by Gasteiger charge is 2.25. The maximum Gasteiger partial charge on any atom is 0.407 e. The van der Waals surface area contributed by atoms with Crippen LogP contribution in [-0.4, -0.2) is 40.4 Å². The second-order valence-electron chi connectivity index (χ2n) is 6.90. The molecule has 0 bridgehead atoms. The molecule has 0 atom stereocenters. The number of nitrogens with zero attached hydrogens (tertiary/aromatic N) is 2. The molecule has 3 aromatic rings. The Morgan fingerprint density at radius 3 is 2.48 bits per heavy atom. The number of ether oxygens (including phenoxy) is 1. The van der Waals surface area contributed by atoms with Crippen molar-refractivity contribution in [1.29, 1.82) is 0 Å². The lowest BCUT2D eigenvalue weighted by Crippen LogP contribution is -2.31. The van der Waals surface area contributed by atoms with Crippen LogP contribution in [0.15, 0.2) is 36.4 Å². The Hall–Kier alpha value is -2.08. The third-order valence-corrected chi connectivity index (χ3v) is 6.31. The normalized spacial score (nSPS) is 14.0. The fourth-order valence-electron chi connectivity index (χ4n) is 3.89. The zero-order valence-electron chi connectivity index (χ0n) is 15.5. The third kappa shape index (κ3) is 4.00. The minimum absolute atomic E-state index is 0.436. The van der Waals surface area contributed by atoms with E-state index in [4.69, 9.17) is 39.5 Å². The third-order valence-electron chi connectivity index (χ3n) is 5.26. The molecule has 8 heteroatoms. The summed E-state index contributed by atoms with van der Waals surface area (Å²) in [5, 5.41) is 12.0. The Bertz CT molecular complexity index is 1060. The molecule has 1 aliphatic rings. The summed E-state index contributed by atoms with van der Waals surface area (Å²) in [6.45, 7) is 1.95. The number of hydrogen-bond donors (Lipinski definition) is 1. The first-order valence-corrected chi connectivity index (χ1v) is 10.4. The lowest BCUT2D eigenvalue weighted by atomic mass is 10.1. The van der Waals surface area contributed by atoms with E-state index >= 15 is 0 Å². The molecule has 0 saturated carbocycles. The summed E-state index contributed by atoms with van der Waals surface area (Å²) in [5.41, 5.74) is 3.16. The van der Waals surface area contributed by atoms with E-state index in [9.17, 15) is 9.90 Å². The highest BCUT2D eigenvalue weighted by Crippen LogP contribution is 2.38. The number of amides is 1. The SMILES string of the molecule is O=C(O)N1CCc2c(n(CCOc3ccc(Cl)cc3)c3ccc(Cl)c(Cl)c23)CC1. The molecule has 0 unspecified atom stereocenters. The van der Waals surface area contributed by atoms with Gasteiger partial charge in [-0.25, -0.2) is 4.79 Å². The smallest absolute Gasteiger partial charge is 0.407 e. The largest absolute Gasteiger partial charge is 0.492 e. The van der Waals surface area contributed by atoms with E-state index in [2.05, 4.69) is 4.57 Å². The van der Waals surface area contributed by atoms with E-state index in [-0.39, 0.29) is 0 Å². The quantitative estimate of drug-likeness (QED) is 0.546. The summed E-state index contributed by atoms with van der Waals surface area (Å²) in [6.07, 6.45) is 0.315. The maximum atomic E-state index is 11.4. The van der Waals surface area contributed by atoms with Gasteiger partial charge < -0.3 is 19.3 Å². The Kier molecular flexibility index (Phi) is 5.81. The van der Waals surface area contributed by atoms with Gasteiger partial charge in [-0.3, -0.25) is 0 Å². The summed E-state index contributed by atoms with van der Waals surface area (Å²) in [4.78, 5) is 12.9. The average molecular weight is 454 g/mol. The van der Waals surface area contributed by atoms with E-state index in [1.807, 2.05) is 18.2 Å². The van der Waals surface area contributed by atoms with Gasteiger partial charge in [0.25, 0.3) is 0 Å². The number of rotatable bonds is 4. The van der Waals surface area contributed by atoms with E-state index in [0.29, 0.717) is 54.2 Å². The second-order valence-corrected chi connectivity index (χ2v) is 8.13. The second kappa shape index (κ2) is 8.34. The molecule has 0 spiro atoms. The Balaban J connectivity index is 1.66. The van der Waals surface area contributed by atoms with Crippen molar-refractivity contribution in [1.82, 2.24) is 9.47 Å². The Labute approximate surface area is 183 Å². The highest BCUT2D eigenvalue weighted by atomic mass is 35.5. The standard InChI is InChI=1S/C21H19Cl3N2O3/c22-13-1-3-14(4-2-13)29-12-11-26-17-8-10-25(21(27)28)9-7-15(17)19-18(26)6-5-16(23)20(19)24/h1-6H,7-12H2,(H,27,28). The zero-order chi connectivity index (χ0) is 20.5. The van der Waals surface area contributed by atoms with Gasteiger partial charge in [-0.2, -0.15) is 0 Å². The van der Waals surface area contributed by atoms with Crippen LogP contribution in [0.1, 0.15) is 11.3 Å². The summed E-state index contributed by atoms with van der Waals surface area (Å²) < 4.78 is 8.05. The number of hydrogen-bond acceptors (Lipinski definition) is 2. The minimum atomic E-state index is -0.902. The lowest BCUT2D eigenvalue weighted by Gasteiger charge is -2.17. The molecule has 1 aliphatic heterocycles. The van der Waals surface area contributed by atoms with E-state index in [0.717, 1.165) is 27.9 Å². The van der Waals surface area contributed by atoms with Gasteiger partial charge in [0.2, 0.25) is 0 Å². The minimum Gasteiger partial charge on any atom is -0.492 e. The number of carbonyl (C=O) groups is 1. The van der Waals surface area contributed by atoms with Gasteiger partial charge in [-0.05, 0) is 48.4 Å². The van der Waals surface area contributed by atoms with Gasteiger partial charge in [0.15, 0.2) is 0 Å². The van der Waals surface area contributed by atoms with Crippen LogP contribution in [0.5, 0.6) is 5.75 Å². The molecule has 0 radical (unpaired) electrons. The summed E-state index contributed by atoms with van der Waals surface area (Å²) in [5.74, 6) is 0.745. The average Bonchev–Trinajstić information content (AvgIpc) is 2.84. The van der Waals surface area contributed by atoms with Crippen molar-refractivity contribution in [3.05, 3.63) is 62.7 Å². The van der Waals surface area contributed by atoms with Crippen molar-refractivity contribution in [2.45, 2.75) is 19.4 Å². The molecule has 5 nitrogen and oxygen atoms in total. The van der Waals surface area contributed by atoms with Gasteiger partial charge in [0, 0.05) is 35.6 Å². The van der Waals surface area contributed by atoms with Crippen molar-refractivity contribution >= 4 is 51.8 Å². The van der Waals surface area contributed by atoms with Crippen molar-refractivity contribution in [3.63, 3.8) is 0 Å². The van der Waals surface area contributed by atoms with Crippen molar-refractivity contribution in [3.8, 4) is 5.75 Å². The molecule has 0 fully saturated rings. The summed E-state index contributed by atoms with van der Waals surface area (Å²) >= 11 is 18.7. The van der Waals surface area contributed by atoms with Crippen LogP contribution in [-0.2, 0) is 19.4 Å². The van der Waals surface area contributed by atoms with Gasteiger partial charge in [-0.1, -0.05) is 34.8 Å². The topological polar surface area (TPSA) is 54.7 Å². The summed E-state index contributed by atoms with van der Waals surface area (Å²) in [6, 6.07) is 11.0. The van der Waals surface area contributed by atoms with Crippen molar-refractivity contribution in [2.75, 3.05) is 19.7 Å². The first-order chi connectivity index (χ1) is 14.0. The van der Waals surface area contributed by atoms with Crippen LogP contribution in [0.3, 0.4) is 0 Å². The fourth-order valence-corrected chi connectivity index (χ4v) is 4.45. The van der Waals surface area contributed by atoms with E-state index < -0.39 is 6.09 Å². The molecule has 2 heterocycles. The predicted molar refractivity (Wildman–Crippen MR) is 116 cm³/mol. The van der Waals surface area contributed by atoms with Gasteiger partial charge in [0.05, 0.1) is 22.1 Å². The predicted octanol–water partition coefficient (Wildman–Crippen LogP) is 5.76. The molecule has 1 aromatic heterocycles. The molecular weight excluding hydrogens is 435 g/mol. The van der Waals surface area contributed by atoms with E-state index in [1.165, 1.54) is 4.90 Å². The van der Waals surface area contributed by atoms with Crippen LogP contribution in [0.25, 0.3) is 10.9 Å². The summed E-state index contributed by atoms with van der Waals surface area (Å²) in [7, 11) is 0. The number of fused-ring (bicyclic) bond motifs is 3. The molecule has 0 aliphatic carbocycles. The number of aromatic nitrogens is 1. The molecule has 29 heavy (non-hydrogen) atoms. The Morgan fingerprint density at radius 1 is 1.03 bits per heavy atom. The van der Waals surface area contributed by atoms with E-state index in [1.54, 1.807) is 18.2 Å². The van der Waals surface area contributed by atoms with Crippen LogP contribution in [0, 0.1) is 0 Å². The van der Waals surface area contributed by atoms with Crippen molar-refractivity contribution in [2.24, 2.45) is 0 Å². The van der Waals surface area contributed by atoms with Crippen LogP contribution >= 0.6 is 34.8 Å². The first kappa shape index (κ1) is 20.2. The monoisotopic (exact) mass is 452 g/mol. The number of benzene rings is 2. The highest BCUT2D eigenvalue weighted by molar-refractivity contribution is 6.45.